The monoisotopic (exact) mass is 237 g/mol. The van der Waals surface area contributed by atoms with E-state index in [1.54, 1.807) is 0 Å². The van der Waals surface area contributed by atoms with Crippen molar-refractivity contribution in [3.8, 4) is 0 Å². The molecular formula is C10H15N5S. The van der Waals surface area contributed by atoms with E-state index in [2.05, 4.69) is 19.2 Å². The minimum Gasteiger partial charge on any atom is -0.312 e. The maximum atomic E-state index is 4.26. The summed E-state index contributed by atoms with van der Waals surface area (Å²) >= 11 is 1.25. The van der Waals surface area contributed by atoms with Gasteiger partial charge in [0.1, 0.15) is 0 Å². The fourth-order valence-corrected chi connectivity index (χ4v) is 2.18. The number of aromatic nitrogens is 4. The van der Waals surface area contributed by atoms with Crippen molar-refractivity contribution in [2.75, 3.05) is 7.05 Å². The second kappa shape index (κ2) is 5.18. The molecule has 0 spiro atoms. The van der Waals surface area contributed by atoms with Crippen LogP contribution < -0.4 is 5.32 Å². The highest BCUT2D eigenvalue weighted by Crippen LogP contribution is 2.16. The third-order valence-electron chi connectivity index (χ3n) is 2.70. The molecule has 1 atom stereocenters. The van der Waals surface area contributed by atoms with Crippen molar-refractivity contribution >= 4 is 11.7 Å². The maximum Gasteiger partial charge on any atom is 0.0912 e. The topological polar surface area (TPSA) is 55.6 Å². The Hall–Kier alpha value is -1.27. The fourth-order valence-electron chi connectivity index (χ4n) is 1.70. The Labute approximate surface area is 98.8 Å². The second-order valence-electron chi connectivity index (χ2n) is 3.66. The Morgan fingerprint density at radius 2 is 2.44 bits per heavy atom. The number of rotatable bonds is 5. The van der Waals surface area contributed by atoms with Crippen molar-refractivity contribution in [1.29, 1.82) is 0 Å². The molecule has 2 rings (SSSR count). The SMILES string of the molecule is CNC(CCc1ccnn1C)c1cnsn1. The smallest absolute Gasteiger partial charge is 0.0912 e. The Morgan fingerprint density at radius 3 is 3.00 bits per heavy atom. The van der Waals surface area contributed by atoms with Gasteiger partial charge in [0.15, 0.2) is 0 Å². The van der Waals surface area contributed by atoms with E-state index >= 15 is 0 Å². The van der Waals surface area contributed by atoms with Crippen LogP contribution in [0.5, 0.6) is 0 Å². The van der Waals surface area contributed by atoms with Crippen molar-refractivity contribution in [3.05, 3.63) is 29.8 Å². The number of nitrogens with zero attached hydrogens (tertiary/aromatic N) is 4. The summed E-state index contributed by atoms with van der Waals surface area (Å²) in [5.74, 6) is 0. The van der Waals surface area contributed by atoms with Gasteiger partial charge in [-0.1, -0.05) is 0 Å². The summed E-state index contributed by atoms with van der Waals surface area (Å²) in [7, 11) is 3.92. The average Bonchev–Trinajstić information content (AvgIpc) is 2.92. The summed E-state index contributed by atoms with van der Waals surface area (Å²) in [4.78, 5) is 0. The molecule has 0 aromatic carbocycles. The lowest BCUT2D eigenvalue weighted by Crippen LogP contribution is -2.17. The molecule has 0 amide bonds. The molecule has 0 saturated heterocycles. The molecule has 0 fully saturated rings. The van der Waals surface area contributed by atoms with Crippen LogP contribution in [0.2, 0.25) is 0 Å². The van der Waals surface area contributed by atoms with Crippen LogP contribution in [-0.4, -0.2) is 25.6 Å². The van der Waals surface area contributed by atoms with Crippen molar-refractivity contribution in [2.45, 2.75) is 18.9 Å². The Morgan fingerprint density at radius 1 is 1.56 bits per heavy atom. The lowest BCUT2D eigenvalue weighted by molar-refractivity contribution is 0.527. The average molecular weight is 237 g/mol. The largest absolute Gasteiger partial charge is 0.312 e. The quantitative estimate of drug-likeness (QED) is 0.848. The van der Waals surface area contributed by atoms with Gasteiger partial charge in [-0.05, 0) is 26.0 Å². The molecule has 16 heavy (non-hydrogen) atoms. The highest BCUT2D eigenvalue weighted by Gasteiger charge is 2.12. The van der Waals surface area contributed by atoms with Crippen LogP contribution in [-0.2, 0) is 13.5 Å². The first kappa shape index (κ1) is 11.2. The van der Waals surface area contributed by atoms with Crippen LogP contribution in [0, 0.1) is 0 Å². The number of hydrogen-bond acceptors (Lipinski definition) is 5. The molecular weight excluding hydrogens is 222 g/mol. The van der Waals surface area contributed by atoms with Gasteiger partial charge >= 0.3 is 0 Å². The van der Waals surface area contributed by atoms with Gasteiger partial charge in [-0.2, -0.15) is 13.8 Å². The van der Waals surface area contributed by atoms with E-state index in [1.807, 2.05) is 37.2 Å². The van der Waals surface area contributed by atoms with Gasteiger partial charge in [0.25, 0.3) is 0 Å². The summed E-state index contributed by atoms with van der Waals surface area (Å²) < 4.78 is 10.2. The molecule has 0 radical (unpaired) electrons. The summed E-state index contributed by atoms with van der Waals surface area (Å²) in [6.07, 6.45) is 5.64. The zero-order valence-corrected chi connectivity index (χ0v) is 10.2. The van der Waals surface area contributed by atoms with E-state index in [4.69, 9.17) is 0 Å². The highest BCUT2D eigenvalue weighted by atomic mass is 32.1. The standard InChI is InChI=1S/C10H15N5S/c1-11-9(10-7-13-16-14-10)4-3-8-5-6-12-15(8)2/h5-7,9,11H,3-4H2,1-2H3. The molecule has 86 valence electrons. The Bertz CT molecular complexity index is 422. The van der Waals surface area contributed by atoms with Crippen LogP contribution in [0.4, 0.5) is 0 Å². The number of hydrogen-bond donors (Lipinski definition) is 1. The van der Waals surface area contributed by atoms with Crippen LogP contribution in [0.1, 0.15) is 23.9 Å². The van der Waals surface area contributed by atoms with Crippen LogP contribution in [0.3, 0.4) is 0 Å². The van der Waals surface area contributed by atoms with Gasteiger partial charge in [-0.25, -0.2) is 0 Å². The summed E-state index contributed by atoms with van der Waals surface area (Å²) in [6.45, 7) is 0. The summed E-state index contributed by atoms with van der Waals surface area (Å²) in [5.41, 5.74) is 2.26. The molecule has 0 aliphatic heterocycles. The minimum absolute atomic E-state index is 0.272. The molecule has 0 aliphatic rings. The third-order valence-corrected chi connectivity index (χ3v) is 3.19. The lowest BCUT2D eigenvalue weighted by atomic mass is 10.1. The predicted octanol–water partition coefficient (Wildman–Crippen LogP) is 1.16. The van der Waals surface area contributed by atoms with E-state index in [9.17, 15) is 0 Å². The van der Waals surface area contributed by atoms with E-state index in [0.29, 0.717) is 0 Å². The van der Waals surface area contributed by atoms with Crippen molar-refractivity contribution < 1.29 is 0 Å². The van der Waals surface area contributed by atoms with Gasteiger partial charge in [0.2, 0.25) is 0 Å². The lowest BCUT2D eigenvalue weighted by Gasteiger charge is -2.12. The molecule has 2 aromatic heterocycles. The van der Waals surface area contributed by atoms with Crippen LogP contribution in [0.25, 0.3) is 0 Å². The molecule has 6 heteroatoms. The van der Waals surface area contributed by atoms with Crippen LogP contribution in [0.15, 0.2) is 18.5 Å². The molecule has 0 saturated carbocycles. The molecule has 2 aromatic rings. The maximum absolute atomic E-state index is 4.26. The summed E-state index contributed by atoms with van der Waals surface area (Å²) in [6, 6.07) is 2.32. The molecule has 1 unspecified atom stereocenters. The van der Waals surface area contributed by atoms with Gasteiger partial charge in [-0.15, -0.1) is 0 Å². The zero-order chi connectivity index (χ0) is 11.4. The zero-order valence-electron chi connectivity index (χ0n) is 9.42. The fraction of sp³-hybridized carbons (Fsp3) is 0.500. The molecule has 2 heterocycles. The van der Waals surface area contributed by atoms with E-state index in [0.717, 1.165) is 18.5 Å². The van der Waals surface area contributed by atoms with Crippen molar-refractivity contribution in [1.82, 2.24) is 23.8 Å². The molecule has 0 aliphatic carbocycles. The van der Waals surface area contributed by atoms with Crippen molar-refractivity contribution in [2.24, 2.45) is 7.05 Å². The first-order chi connectivity index (χ1) is 7.81. The van der Waals surface area contributed by atoms with E-state index in [-0.39, 0.29) is 6.04 Å². The van der Waals surface area contributed by atoms with Gasteiger partial charge in [0, 0.05) is 18.9 Å². The molecule has 1 N–H and O–H groups in total. The second-order valence-corrected chi connectivity index (χ2v) is 4.22. The number of nitrogens with one attached hydrogen (secondary N) is 1. The Kier molecular flexibility index (Phi) is 3.63. The summed E-state index contributed by atoms with van der Waals surface area (Å²) in [5, 5.41) is 7.41. The third kappa shape index (κ3) is 2.45. The first-order valence-electron chi connectivity index (χ1n) is 5.23. The Balaban J connectivity index is 1.96. The van der Waals surface area contributed by atoms with Crippen molar-refractivity contribution in [3.63, 3.8) is 0 Å². The first-order valence-corrected chi connectivity index (χ1v) is 5.96. The van der Waals surface area contributed by atoms with Gasteiger partial charge in [-0.3, -0.25) is 4.68 Å². The molecule has 0 bridgehead atoms. The van der Waals surface area contributed by atoms with Crippen LogP contribution >= 0.6 is 11.7 Å². The highest BCUT2D eigenvalue weighted by molar-refractivity contribution is 6.99. The minimum atomic E-state index is 0.272. The van der Waals surface area contributed by atoms with E-state index in [1.165, 1.54) is 17.4 Å². The predicted molar refractivity (Wildman–Crippen MR) is 63.2 cm³/mol. The number of aryl methyl sites for hydroxylation is 2. The normalized spacial score (nSPS) is 12.9. The van der Waals surface area contributed by atoms with E-state index < -0.39 is 0 Å². The van der Waals surface area contributed by atoms with Gasteiger partial charge < -0.3 is 5.32 Å². The van der Waals surface area contributed by atoms with Gasteiger partial charge in [0.05, 0.1) is 29.7 Å². The molecule has 5 nitrogen and oxygen atoms in total.